The second kappa shape index (κ2) is 8.99. The van der Waals surface area contributed by atoms with Crippen LogP contribution in [0.2, 0.25) is 0 Å². The number of piperidine rings is 2. The molecule has 6 nitrogen and oxygen atoms in total. The number of amides is 2. The molecule has 1 aromatic carbocycles. The number of nitrogens with one attached hydrogen (secondary N) is 2. The topological polar surface area (TPSA) is 60.5 Å². The molecule has 2 aliphatic rings. The molecule has 1 aromatic heterocycles. The maximum Gasteiger partial charge on any atom is 0.319 e. The van der Waals surface area contributed by atoms with E-state index in [1.165, 1.54) is 24.9 Å². The van der Waals surface area contributed by atoms with Crippen LogP contribution < -0.4 is 15.5 Å². The third-order valence-electron chi connectivity index (χ3n) is 6.45. The Morgan fingerprint density at radius 1 is 1.17 bits per heavy atom. The molecule has 2 aliphatic heterocycles. The van der Waals surface area contributed by atoms with Crippen LogP contribution in [0.3, 0.4) is 0 Å². The number of aromatic nitrogens is 1. The molecule has 2 fully saturated rings. The molecular formula is C23H33N5O. The van der Waals surface area contributed by atoms with Crippen molar-refractivity contribution >= 4 is 28.3 Å². The molecule has 2 N–H and O–H groups in total. The number of urea groups is 1. The van der Waals surface area contributed by atoms with Gasteiger partial charge in [-0.25, -0.2) is 4.79 Å². The maximum absolute atomic E-state index is 12.7. The molecular weight excluding hydrogens is 362 g/mol. The van der Waals surface area contributed by atoms with Crippen molar-refractivity contribution in [3.8, 4) is 0 Å². The van der Waals surface area contributed by atoms with Crippen LogP contribution >= 0.6 is 0 Å². The quantitative estimate of drug-likeness (QED) is 0.814. The molecule has 6 heteroatoms. The number of benzene rings is 1. The lowest BCUT2D eigenvalue weighted by molar-refractivity contribution is 0.145. The first kappa shape index (κ1) is 20.0. The van der Waals surface area contributed by atoms with Crippen LogP contribution in [0.5, 0.6) is 0 Å². The lowest BCUT2D eigenvalue weighted by Crippen LogP contribution is -2.49. The van der Waals surface area contributed by atoms with E-state index in [9.17, 15) is 4.79 Å². The largest absolute Gasteiger partial charge is 0.370 e. The van der Waals surface area contributed by atoms with Gasteiger partial charge in [0.05, 0.1) is 16.9 Å². The van der Waals surface area contributed by atoms with Crippen molar-refractivity contribution in [2.24, 2.45) is 0 Å². The van der Waals surface area contributed by atoms with Crippen LogP contribution in [0.25, 0.3) is 10.9 Å². The number of carbonyl (C=O) groups is 1. The van der Waals surface area contributed by atoms with Crippen molar-refractivity contribution < 1.29 is 4.79 Å². The second-order valence-corrected chi connectivity index (χ2v) is 8.38. The Hall–Kier alpha value is -2.34. The molecule has 2 saturated heterocycles. The number of likely N-dealkylation sites (tertiary alicyclic amines) is 1. The minimum absolute atomic E-state index is 0.122. The highest BCUT2D eigenvalue weighted by Crippen LogP contribution is 2.32. The van der Waals surface area contributed by atoms with Crippen molar-refractivity contribution in [3.63, 3.8) is 0 Å². The van der Waals surface area contributed by atoms with Gasteiger partial charge in [-0.15, -0.1) is 0 Å². The lowest BCUT2D eigenvalue weighted by atomic mass is 9.98. The molecule has 2 unspecified atom stereocenters. The van der Waals surface area contributed by atoms with Gasteiger partial charge in [0.1, 0.15) is 0 Å². The molecule has 2 aromatic rings. The van der Waals surface area contributed by atoms with Crippen molar-refractivity contribution in [2.75, 3.05) is 36.4 Å². The molecule has 3 heterocycles. The normalized spacial score (nSPS) is 23.2. The first-order valence-electron chi connectivity index (χ1n) is 11.1. The minimum atomic E-state index is -0.122. The van der Waals surface area contributed by atoms with Gasteiger partial charge in [-0.3, -0.25) is 4.98 Å². The van der Waals surface area contributed by atoms with Crippen LogP contribution in [0.4, 0.5) is 16.2 Å². The van der Waals surface area contributed by atoms with Gasteiger partial charge >= 0.3 is 6.03 Å². The van der Waals surface area contributed by atoms with Crippen molar-refractivity contribution in [1.82, 2.24) is 15.2 Å². The number of hydrogen-bond donors (Lipinski definition) is 2. The first-order valence-corrected chi connectivity index (χ1v) is 11.1. The summed E-state index contributed by atoms with van der Waals surface area (Å²) in [5.74, 6) is 0. The monoisotopic (exact) mass is 395 g/mol. The van der Waals surface area contributed by atoms with Gasteiger partial charge < -0.3 is 20.4 Å². The molecule has 0 saturated carbocycles. The van der Waals surface area contributed by atoms with Crippen LogP contribution in [0, 0.1) is 0 Å². The van der Waals surface area contributed by atoms with Crippen molar-refractivity contribution in [2.45, 2.75) is 58.0 Å². The molecule has 0 aliphatic carbocycles. The Labute approximate surface area is 173 Å². The summed E-state index contributed by atoms with van der Waals surface area (Å²) in [7, 11) is 0. The van der Waals surface area contributed by atoms with Gasteiger partial charge in [-0.05, 0) is 69.8 Å². The van der Waals surface area contributed by atoms with E-state index in [4.69, 9.17) is 0 Å². The fourth-order valence-electron chi connectivity index (χ4n) is 4.82. The summed E-state index contributed by atoms with van der Waals surface area (Å²) in [6.07, 6.45) is 7.59. The van der Waals surface area contributed by atoms with E-state index in [0.717, 1.165) is 55.6 Å². The molecule has 29 heavy (non-hydrogen) atoms. The predicted molar refractivity (Wildman–Crippen MR) is 120 cm³/mol. The standard InChI is InChI=1S/C23H33N5O/c1-3-27-15-11-18(16-17(27)2)25-23(29)26-20-9-10-21(28-13-5-4-6-14-28)22-19(20)8-7-12-24-22/h7-10,12,17-18H,3-6,11,13-16H2,1-2H3,(H2,25,26,29). The van der Waals surface area contributed by atoms with Gasteiger partial charge in [0.2, 0.25) is 0 Å². The summed E-state index contributed by atoms with van der Waals surface area (Å²) >= 11 is 0. The Morgan fingerprint density at radius 3 is 2.76 bits per heavy atom. The van der Waals surface area contributed by atoms with Gasteiger partial charge in [0.25, 0.3) is 0 Å². The van der Waals surface area contributed by atoms with Crippen LogP contribution in [-0.2, 0) is 0 Å². The van der Waals surface area contributed by atoms with Crippen molar-refractivity contribution in [1.29, 1.82) is 0 Å². The number of carbonyl (C=O) groups excluding carboxylic acids is 1. The van der Waals surface area contributed by atoms with Gasteiger partial charge in [-0.2, -0.15) is 0 Å². The van der Waals surface area contributed by atoms with Gasteiger partial charge in [0.15, 0.2) is 0 Å². The molecule has 0 spiro atoms. The van der Waals surface area contributed by atoms with Crippen LogP contribution in [0.1, 0.15) is 46.0 Å². The fourth-order valence-corrected chi connectivity index (χ4v) is 4.82. The number of hydrogen-bond acceptors (Lipinski definition) is 4. The summed E-state index contributed by atoms with van der Waals surface area (Å²) < 4.78 is 0. The zero-order valence-corrected chi connectivity index (χ0v) is 17.7. The van der Waals surface area contributed by atoms with Gasteiger partial charge in [-0.1, -0.05) is 6.92 Å². The third-order valence-corrected chi connectivity index (χ3v) is 6.45. The van der Waals surface area contributed by atoms with Crippen molar-refractivity contribution in [3.05, 3.63) is 30.5 Å². The molecule has 4 rings (SSSR count). The molecule has 156 valence electrons. The maximum atomic E-state index is 12.7. The van der Waals surface area contributed by atoms with E-state index >= 15 is 0 Å². The van der Waals surface area contributed by atoms with E-state index in [0.29, 0.717) is 6.04 Å². The molecule has 2 atom stereocenters. The van der Waals surface area contributed by atoms with E-state index in [1.54, 1.807) is 0 Å². The average Bonchev–Trinajstić information content (AvgIpc) is 2.75. The first-order chi connectivity index (χ1) is 14.2. The Morgan fingerprint density at radius 2 is 2.00 bits per heavy atom. The zero-order chi connectivity index (χ0) is 20.2. The summed E-state index contributed by atoms with van der Waals surface area (Å²) in [6, 6.07) is 8.73. The number of anilines is 2. The SMILES string of the molecule is CCN1CCC(NC(=O)Nc2ccc(N3CCCCC3)c3ncccc23)CC1C. The Kier molecular flexibility index (Phi) is 6.19. The zero-order valence-electron chi connectivity index (χ0n) is 17.7. The van der Waals surface area contributed by atoms with Crippen LogP contribution in [-0.4, -0.2) is 54.2 Å². The lowest BCUT2D eigenvalue weighted by Gasteiger charge is -2.37. The fraction of sp³-hybridized carbons (Fsp3) is 0.565. The van der Waals surface area contributed by atoms with E-state index in [-0.39, 0.29) is 12.1 Å². The van der Waals surface area contributed by atoms with Gasteiger partial charge in [0, 0.05) is 43.3 Å². The third kappa shape index (κ3) is 4.47. The Bertz CT molecular complexity index is 848. The predicted octanol–water partition coefficient (Wildman–Crippen LogP) is 4.22. The summed E-state index contributed by atoms with van der Waals surface area (Å²) in [5, 5.41) is 7.26. The van der Waals surface area contributed by atoms with E-state index < -0.39 is 0 Å². The molecule has 0 radical (unpaired) electrons. The summed E-state index contributed by atoms with van der Waals surface area (Å²) in [4.78, 5) is 22.2. The number of pyridine rings is 1. The number of nitrogens with zero attached hydrogens (tertiary/aromatic N) is 3. The highest BCUT2D eigenvalue weighted by atomic mass is 16.2. The minimum Gasteiger partial charge on any atom is -0.370 e. The summed E-state index contributed by atoms with van der Waals surface area (Å²) in [5.41, 5.74) is 2.97. The summed E-state index contributed by atoms with van der Waals surface area (Å²) in [6.45, 7) is 8.71. The van der Waals surface area contributed by atoms with Crippen LogP contribution in [0.15, 0.2) is 30.5 Å². The van der Waals surface area contributed by atoms with E-state index in [1.807, 2.05) is 24.4 Å². The highest BCUT2D eigenvalue weighted by molar-refractivity contribution is 6.04. The number of rotatable bonds is 4. The Balaban J connectivity index is 1.47. The smallest absolute Gasteiger partial charge is 0.319 e. The number of fused-ring (bicyclic) bond motifs is 1. The second-order valence-electron chi connectivity index (χ2n) is 8.38. The molecule has 0 bridgehead atoms. The molecule has 2 amide bonds. The van der Waals surface area contributed by atoms with E-state index in [2.05, 4.69) is 45.3 Å². The average molecular weight is 396 g/mol. The highest BCUT2D eigenvalue weighted by Gasteiger charge is 2.25.